The largest absolute Gasteiger partial charge is 0.488 e. The van der Waals surface area contributed by atoms with Crippen molar-refractivity contribution in [3.8, 4) is 5.75 Å². The molecule has 1 N–H and O–H groups in total. The Kier molecular flexibility index (Phi) is 7.49. The van der Waals surface area contributed by atoms with E-state index in [1.165, 1.54) is 6.07 Å². The van der Waals surface area contributed by atoms with Crippen LogP contribution in [-0.4, -0.2) is 32.1 Å². The molecule has 0 radical (unpaired) electrons. The van der Waals surface area contributed by atoms with Gasteiger partial charge in [0.1, 0.15) is 18.2 Å². The Morgan fingerprint density at radius 1 is 1.25 bits per heavy atom. The fraction of sp³-hybridized carbons (Fsp3) is 0.333. The van der Waals surface area contributed by atoms with Gasteiger partial charge in [0.2, 0.25) is 0 Å². The first-order valence-corrected chi connectivity index (χ1v) is 8.84. The molecular weight excluding hydrogens is 395 g/mol. The highest BCUT2D eigenvalue weighted by Crippen LogP contribution is 2.26. The van der Waals surface area contributed by atoms with Gasteiger partial charge in [-0.15, -0.1) is 0 Å². The predicted molar refractivity (Wildman–Crippen MR) is 100 cm³/mol. The minimum Gasteiger partial charge on any atom is -0.488 e. The fourth-order valence-corrected chi connectivity index (χ4v) is 2.80. The van der Waals surface area contributed by atoms with Crippen LogP contribution in [0.25, 0.3) is 0 Å². The second-order valence-electron chi connectivity index (χ2n) is 5.72. The maximum absolute atomic E-state index is 13.9. The molecule has 3 nitrogen and oxygen atoms in total. The number of rotatable bonds is 8. The summed E-state index contributed by atoms with van der Waals surface area (Å²) in [5.41, 5.74) is 1.38. The van der Waals surface area contributed by atoms with Gasteiger partial charge in [-0.05, 0) is 44.4 Å². The summed E-state index contributed by atoms with van der Waals surface area (Å²) in [6.45, 7) is 2.60. The molecule has 0 fully saturated rings. The second-order valence-corrected chi connectivity index (χ2v) is 7.04. The Hall–Kier alpha value is -1.14. The van der Waals surface area contributed by atoms with E-state index in [-0.39, 0.29) is 12.4 Å². The van der Waals surface area contributed by atoms with Crippen molar-refractivity contribution in [1.29, 1.82) is 0 Å². The molecule has 2 aromatic carbocycles. The van der Waals surface area contributed by atoms with Crippen LogP contribution in [0.15, 0.2) is 40.9 Å². The molecule has 2 aromatic rings. The van der Waals surface area contributed by atoms with E-state index in [1.807, 2.05) is 32.3 Å². The Balaban J connectivity index is 2.04. The normalized spacial score (nSPS) is 11.1. The van der Waals surface area contributed by atoms with Gasteiger partial charge >= 0.3 is 0 Å². The summed E-state index contributed by atoms with van der Waals surface area (Å²) in [6, 6.07) is 10.4. The van der Waals surface area contributed by atoms with E-state index in [9.17, 15) is 4.39 Å². The Morgan fingerprint density at radius 3 is 2.75 bits per heavy atom. The highest BCUT2D eigenvalue weighted by atomic mass is 79.9. The lowest BCUT2D eigenvalue weighted by Gasteiger charge is -2.15. The molecule has 24 heavy (non-hydrogen) atoms. The van der Waals surface area contributed by atoms with Gasteiger partial charge in [-0.1, -0.05) is 33.6 Å². The van der Waals surface area contributed by atoms with E-state index < -0.39 is 0 Å². The summed E-state index contributed by atoms with van der Waals surface area (Å²) in [6.07, 6.45) is 0. The van der Waals surface area contributed by atoms with Gasteiger partial charge < -0.3 is 15.0 Å². The third kappa shape index (κ3) is 5.74. The molecule has 0 amide bonds. The molecular formula is C18H21BrClFN2O. The molecule has 0 aliphatic carbocycles. The van der Waals surface area contributed by atoms with Gasteiger partial charge in [0, 0.05) is 35.2 Å². The van der Waals surface area contributed by atoms with E-state index >= 15 is 0 Å². The molecule has 2 rings (SSSR count). The average molecular weight is 416 g/mol. The maximum atomic E-state index is 13.9. The molecule has 0 saturated carbocycles. The molecule has 0 aliphatic rings. The van der Waals surface area contributed by atoms with Crippen molar-refractivity contribution in [2.45, 2.75) is 13.2 Å². The van der Waals surface area contributed by atoms with Crippen LogP contribution in [-0.2, 0) is 13.2 Å². The molecule has 130 valence electrons. The summed E-state index contributed by atoms with van der Waals surface area (Å²) in [4.78, 5) is 2.12. The van der Waals surface area contributed by atoms with Crippen molar-refractivity contribution in [3.05, 3.63) is 62.8 Å². The molecule has 0 spiro atoms. The summed E-state index contributed by atoms with van der Waals surface area (Å²) in [5.74, 6) is 0.361. The van der Waals surface area contributed by atoms with Crippen LogP contribution in [0.3, 0.4) is 0 Å². The number of hydrogen-bond donors (Lipinski definition) is 1. The monoisotopic (exact) mass is 414 g/mol. The first kappa shape index (κ1) is 19.2. The number of ether oxygens (including phenoxy) is 1. The summed E-state index contributed by atoms with van der Waals surface area (Å²) in [5, 5.41) is 3.75. The average Bonchev–Trinajstić information content (AvgIpc) is 2.52. The minimum atomic E-state index is -0.356. The third-order valence-corrected chi connectivity index (χ3v) is 4.35. The highest BCUT2D eigenvalue weighted by Gasteiger charge is 2.10. The minimum absolute atomic E-state index is 0.0951. The van der Waals surface area contributed by atoms with Crippen LogP contribution in [0.5, 0.6) is 5.75 Å². The SMILES string of the molecule is CN(C)CCNCc1cc(Br)ccc1OCc1c(F)cccc1Cl. The second kappa shape index (κ2) is 9.37. The van der Waals surface area contributed by atoms with Gasteiger partial charge in [0.15, 0.2) is 0 Å². The fourth-order valence-electron chi connectivity index (χ4n) is 2.17. The lowest BCUT2D eigenvalue weighted by atomic mass is 10.2. The predicted octanol–water partition coefficient (Wildman–Crippen LogP) is 4.47. The van der Waals surface area contributed by atoms with Crippen molar-refractivity contribution in [2.24, 2.45) is 0 Å². The lowest BCUT2D eigenvalue weighted by molar-refractivity contribution is 0.295. The van der Waals surface area contributed by atoms with Gasteiger partial charge in [0.05, 0.1) is 5.02 Å². The van der Waals surface area contributed by atoms with E-state index in [4.69, 9.17) is 16.3 Å². The van der Waals surface area contributed by atoms with Gasteiger partial charge in [-0.25, -0.2) is 4.39 Å². The standard InChI is InChI=1S/C18H21BrClFN2O/c1-23(2)9-8-22-11-13-10-14(19)6-7-18(13)24-12-15-16(20)4-3-5-17(15)21/h3-7,10,22H,8-9,11-12H2,1-2H3. The molecule has 0 heterocycles. The summed E-state index contributed by atoms with van der Waals surface area (Å²) < 4.78 is 20.7. The van der Waals surface area contributed by atoms with E-state index in [2.05, 4.69) is 26.1 Å². The number of benzene rings is 2. The van der Waals surface area contributed by atoms with Gasteiger partial charge in [0.25, 0.3) is 0 Å². The Labute approximate surface area is 155 Å². The smallest absolute Gasteiger partial charge is 0.131 e. The molecule has 0 unspecified atom stereocenters. The lowest BCUT2D eigenvalue weighted by Crippen LogP contribution is -2.26. The molecule has 0 aromatic heterocycles. The molecule has 0 atom stereocenters. The first-order valence-electron chi connectivity index (χ1n) is 7.67. The van der Waals surface area contributed by atoms with Crippen LogP contribution in [0, 0.1) is 5.82 Å². The van der Waals surface area contributed by atoms with Crippen molar-refractivity contribution in [2.75, 3.05) is 27.2 Å². The maximum Gasteiger partial charge on any atom is 0.131 e. The zero-order valence-corrected chi connectivity index (χ0v) is 16.1. The zero-order valence-electron chi connectivity index (χ0n) is 13.8. The number of halogens is 3. The number of nitrogens with one attached hydrogen (secondary N) is 1. The van der Waals surface area contributed by atoms with Gasteiger partial charge in [-0.2, -0.15) is 0 Å². The summed E-state index contributed by atoms with van der Waals surface area (Å²) >= 11 is 9.52. The first-order chi connectivity index (χ1) is 11.5. The van der Waals surface area contributed by atoms with Crippen molar-refractivity contribution in [1.82, 2.24) is 10.2 Å². The highest BCUT2D eigenvalue weighted by molar-refractivity contribution is 9.10. The van der Waals surface area contributed by atoms with Crippen LogP contribution in [0.2, 0.25) is 5.02 Å². The van der Waals surface area contributed by atoms with Crippen molar-refractivity contribution < 1.29 is 9.13 Å². The van der Waals surface area contributed by atoms with Crippen LogP contribution in [0.4, 0.5) is 4.39 Å². The van der Waals surface area contributed by atoms with Crippen LogP contribution < -0.4 is 10.1 Å². The third-order valence-electron chi connectivity index (χ3n) is 3.51. The molecule has 0 saturated heterocycles. The van der Waals surface area contributed by atoms with E-state index in [1.54, 1.807) is 12.1 Å². The Bertz CT molecular complexity index is 662. The quantitative estimate of drug-likeness (QED) is 0.644. The summed E-state index contributed by atoms with van der Waals surface area (Å²) in [7, 11) is 4.07. The number of nitrogens with zero attached hydrogens (tertiary/aromatic N) is 1. The van der Waals surface area contributed by atoms with Crippen molar-refractivity contribution >= 4 is 27.5 Å². The molecule has 0 aliphatic heterocycles. The van der Waals surface area contributed by atoms with Gasteiger partial charge in [-0.3, -0.25) is 0 Å². The number of likely N-dealkylation sites (N-methyl/N-ethyl adjacent to an activating group) is 1. The van der Waals surface area contributed by atoms with E-state index in [0.29, 0.717) is 17.1 Å². The zero-order chi connectivity index (χ0) is 17.5. The number of hydrogen-bond acceptors (Lipinski definition) is 3. The van der Waals surface area contributed by atoms with Crippen molar-refractivity contribution in [3.63, 3.8) is 0 Å². The Morgan fingerprint density at radius 2 is 2.04 bits per heavy atom. The molecule has 0 bridgehead atoms. The van der Waals surface area contributed by atoms with Crippen LogP contribution >= 0.6 is 27.5 Å². The van der Waals surface area contributed by atoms with E-state index in [0.717, 1.165) is 28.9 Å². The molecule has 6 heteroatoms. The topological polar surface area (TPSA) is 24.5 Å². The van der Waals surface area contributed by atoms with Crippen LogP contribution in [0.1, 0.15) is 11.1 Å².